The maximum Gasteiger partial charge on any atom is 0.239 e. The van der Waals surface area contributed by atoms with E-state index in [1.165, 1.54) is 49.5 Å². The molecule has 2 aliphatic heterocycles. The van der Waals surface area contributed by atoms with Gasteiger partial charge in [-0.15, -0.1) is 0 Å². The van der Waals surface area contributed by atoms with Crippen LogP contribution in [0.15, 0.2) is 35.6 Å². The summed E-state index contributed by atoms with van der Waals surface area (Å²) in [7, 11) is 1.48. The largest absolute Gasteiger partial charge is 0.481 e. The van der Waals surface area contributed by atoms with E-state index in [4.69, 9.17) is 22.0 Å². The predicted molar refractivity (Wildman–Crippen MR) is 134 cm³/mol. The van der Waals surface area contributed by atoms with Crippen LogP contribution in [0.3, 0.4) is 0 Å². The average Bonchev–Trinajstić information content (AvgIpc) is 3.48. The molecule has 0 radical (unpaired) electrons. The number of pyridine rings is 2. The van der Waals surface area contributed by atoms with Gasteiger partial charge in [-0.05, 0) is 43.5 Å². The van der Waals surface area contributed by atoms with Gasteiger partial charge >= 0.3 is 0 Å². The van der Waals surface area contributed by atoms with Gasteiger partial charge in [-0.2, -0.15) is 0 Å². The fraction of sp³-hybridized carbons (Fsp3) is 0.400. The van der Waals surface area contributed by atoms with E-state index < -0.39 is 22.3 Å². The molecule has 1 saturated heterocycles. The first kappa shape index (κ1) is 24.2. The third-order valence-corrected chi connectivity index (χ3v) is 8.31. The standard InChI is InChI=1S/C25H24F2N6O2S/c1-24(20-10-25(20,36-23(28)32-24)22(34)33-7-6-15(26)13-33)17-8-14(11-31-21(17)35-3)9-18(27)19-5-4-16(29-2)12-30-19/h4-5,8-9,11-12,15,20H,6-7,10,13H2,1,3H3,(H2,28,32)/b18-9-/t15-,20+,24-,25+/m1/s1. The maximum absolute atomic E-state index is 15.0. The van der Waals surface area contributed by atoms with Crippen molar-refractivity contribution < 1.29 is 18.3 Å². The summed E-state index contributed by atoms with van der Waals surface area (Å²) < 4.78 is 33.5. The molecule has 0 spiro atoms. The molecule has 1 amide bonds. The number of aliphatic imine (C=N–C) groups is 1. The minimum absolute atomic E-state index is 0.0888. The first-order chi connectivity index (χ1) is 17.2. The van der Waals surface area contributed by atoms with Crippen molar-refractivity contribution in [2.24, 2.45) is 16.6 Å². The molecule has 11 heteroatoms. The number of halogens is 2. The number of amidine groups is 1. The number of methoxy groups -OCH3 is 1. The van der Waals surface area contributed by atoms with Gasteiger partial charge in [-0.3, -0.25) is 14.8 Å². The Balaban J connectivity index is 1.50. The fourth-order valence-electron chi connectivity index (χ4n) is 5.11. The lowest BCUT2D eigenvalue weighted by molar-refractivity contribution is -0.131. The SMILES string of the molecule is [C-]#[N+]c1ccc(/C(F)=C/c2cnc(OC)c([C@@]3(C)N=C(N)S[C@@]4(C(=O)N5CC[C@@H](F)C5)C[C@H]43)c2)nc1. The third kappa shape index (κ3) is 3.99. The van der Waals surface area contributed by atoms with Crippen LogP contribution in [-0.4, -0.2) is 57.1 Å². The highest BCUT2D eigenvalue weighted by Gasteiger charge is 2.71. The Bertz CT molecular complexity index is 1330. The topological polar surface area (TPSA) is 98.1 Å². The summed E-state index contributed by atoms with van der Waals surface area (Å²) in [4.78, 5) is 31.4. The van der Waals surface area contributed by atoms with Gasteiger partial charge in [0, 0.05) is 30.4 Å². The second-order valence-corrected chi connectivity index (χ2v) is 10.7. The number of nitrogens with two attached hydrogens (primary N) is 1. The molecule has 2 aromatic heterocycles. The van der Waals surface area contributed by atoms with Crippen LogP contribution in [0.1, 0.15) is 36.6 Å². The van der Waals surface area contributed by atoms with Crippen LogP contribution in [0.2, 0.25) is 0 Å². The smallest absolute Gasteiger partial charge is 0.239 e. The molecule has 186 valence electrons. The summed E-state index contributed by atoms with van der Waals surface area (Å²) in [5.41, 5.74) is 6.71. The van der Waals surface area contributed by atoms with E-state index in [-0.39, 0.29) is 29.2 Å². The maximum atomic E-state index is 15.0. The number of ether oxygens (including phenoxy) is 1. The van der Waals surface area contributed by atoms with Crippen molar-refractivity contribution in [3.63, 3.8) is 0 Å². The first-order valence-electron chi connectivity index (χ1n) is 11.4. The minimum Gasteiger partial charge on any atom is -0.481 e. The molecule has 0 unspecified atom stereocenters. The Morgan fingerprint density at radius 3 is 2.83 bits per heavy atom. The van der Waals surface area contributed by atoms with E-state index in [9.17, 15) is 13.6 Å². The highest BCUT2D eigenvalue weighted by molar-refractivity contribution is 8.15. The molecule has 2 fully saturated rings. The van der Waals surface area contributed by atoms with E-state index >= 15 is 0 Å². The molecule has 2 aromatic rings. The normalized spacial score (nSPS) is 29.2. The van der Waals surface area contributed by atoms with E-state index in [0.29, 0.717) is 42.1 Å². The van der Waals surface area contributed by atoms with Gasteiger partial charge < -0.3 is 15.4 Å². The zero-order valence-corrected chi connectivity index (χ0v) is 20.6. The summed E-state index contributed by atoms with van der Waals surface area (Å²) in [5, 5.41) is 0.258. The fourth-order valence-corrected chi connectivity index (χ4v) is 6.56. The van der Waals surface area contributed by atoms with E-state index in [0.717, 1.165) is 0 Å². The van der Waals surface area contributed by atoms with Gasteiger partial charge in [0.05, 0.1) is 31.5 Å². The average molecular weight is 511 g/mol. The first-order valence-corrected chi connectivity index (χ1v) is 12.2. The molecule has 0 bridgehead atoms. The van der Waals surface area contributed by atoms with Gasteiger partial charge in [0.25, 0.3) is 0 Å². The molecule has 5 rings (SSSR count). The van der Waals surface area contributed by atoms with Crippen LogP contribution in [0, 0.1) is 12.5 Å². The summed E-state index contributed by atoms with van der Waals surface area (Å²) in [6.07, 6.45) is 3.93. The van der Waals surface area contributed by atoms with Gasteiger partial charge in [0.15, 0.2) is 5.17 Å². The predicted octanol–water partition coefficient (Wildman–Crippen LogP) is 4.11. The third-order valence-electron chi connectivity index (χ3n) is 7.02. The number of aromatic nitrogens is 2. The quantitative estimate of drug-likeness (QED) is 0.608. The molecule has 0 aromatic carbocycles. The van der Waals surface area contributed by atoms with E-state index in [1.807, 2.05) is 6.92 Å². The summed E-state index contributed by atoms with van der Waals surface area (Å²) in [6, 6.07) is 4.66. The number of carbonyl (C=O) groups is 1. The van der Waals surface area contributed by atoms with Crippen LogP contribution in [-0.2, 0) is 10.3 Å². The van der Waals surface area contributed by atoms with Gasteiger partial charge in [-0.25, -0.2) is 18.6 Å². The van der Waals surface area contributed by atoms with Crippen molar-refractivity contribution in [3.8, 4) is 5.88 Å². The Morgan fingerprint density at radius 2 is 2.19 bits per heavy atom. The van der Waals surface area contributed by atoms with Crippen LogP contribution in [0.5, 0.6) is 5.88 Å². The number of thioether (sulfide) groups is 1. The highest BCUT2D eigenvalue weighted by atomic mass is 32.2. The lowest BCUT2D eigenvalue weighted by Gasteiger charge is -2.35. The number of carbonyl (C=O) groups excluding carboxylic acids is 1. The molecule has 1 saturated carbocycles. The molecular formula is C25H24F2N6O2S. The van der Waals surface area contributed by atoms with Gasteiger partial charge in [0.1, 0.15) is 16.7 Å². The number of nitrogens with zero attached hydrogens (tertiary/aromatic N) is 5. The van der Waals surface area contributed by atoms with Gasteiger partial charge in [0.2, 0.25) is 17.5 Å². The van der Waals surface area contributed by atoms with Crippen molar-refractivity contribution >= 4 is 40.4 Å². The Labute approximate surface area is 211 Å². The van der Waals surface area contributed by atoms with E-state index in [1.54, 1.807) is 11.0 Å². The molecule has 4 atom stereocenters. The lowest BCUT2D eigenvalue weighted by atomic mass is 9.85. The van der Waals surface area contributed by atoms with Crippen molar-refractivity contribution in [2.45, 2.75) is 36.2 Å². The van der Waals surface area contributed by atoms with Crippen LogP contribution >= 0.6 is 11.8 Å². The summed E-state index contributed by atoms with van der Waals surface area (Å²) in [5.74, 6) is -0.625. The molecule has 3 aliphatic rings. The van der Waals surface area contributed by atoms with Crippen molar-refractivity contribution in [3.05, 3.63) is 58.8 Å². The van der Waals surface area contributed by atoms with Crippen LogP contribution in [0.4, 0.5) is 14.5 Å². The molecule has 2 N–H and O–H groups in total. The Morgan fingerprint density at radius 1 is 1.39 bits per heavy atom. The number of likely N-dealkylation sites (tertiary alicyclic amines) is 1. The number of hydrogen-bond donors (Lipinski definition) is 1. The number of hydrogen-bond acceptors (Lipinski definition) is 7. The lowest BCUT2D eigenvalue weighted by Crippen LogP contribution is -2.45. The van der Waals surface area contributed by atoms with Crippen molar-refractivity contribution in [2.75, 3.05) is 20.2 Å². The van der Waals surface area contributed by atoms with Crippen LogP contribution < -0.4 is 10.5 Å². The van der Waals surface area contributed by atoms with E-state index in [2.05, 4.69) is 14.8 Å². The second kappa shape index (κ2) is 8.85. The Hall–Kier alpha value is -3.52. The molecular weight excluding hydrogens is 486 g/mol. The zero-order chi connectivity index (χ0) is 25.7. The highest BCUT2D eigenvalue weighted by Crippen LogP contribution is 2.67. The van der Waals surface area contributed by atoms with Gasteiger partial charge in [-0.1, -0.05) is 17.8 Å². The number of alkyl halides is 1. The molecule has 4 heterocycles. The zero-order valence-electron chi connectivity index (χ0n) is 19.7. The van der Waals surface area contributed by atoms with Crippen molar-refractivity contribution in [1.29, 1.82) is 0 Å². The van der Waals surface area contributed by atoms with Crippen LogP contribution in [0.25, 0.3) is 16.7 Å². The monoisotopic (exact) mass is 510 g/mol. The minimum atomic E-state index is -1.01. The molecule has 36 heavy (non-hydrogen) atoms. The summed E-state index contributed by atoms with van der Waals surface area (Å²) >= 11 is 1.24. The van der Waals surface area contributed by atoms with Crippen molar-refractivity contribution in [1.82, 2.24) is 14.9 Å². The number of rotatable bonds is 5. The second-order valence-electron chi connectivity index (χ2n) is 9.31. The molecule has 1 aliphatic carbocycles. The molecule has 8 nitrogen and oxygen atoms in total. The number of fused-ring (bicyclic) bond motifs is 1. The summed E-state index contributed by atoms with van der Waals surface area (Å²) in [6.45, 7) is 9.36. The Kier molecular flexibility index (Phi) is 5.95. The number of amides is 1.